The average molecular weight is 508 g/mol. The van der Waals surface area contributed by atoms with Gasteiger partial charge in [0.25, 0.3) is 0 Å². The van der Waals surface area contributed by atoms with Crippen molar-refractivity contribution in [2.24, 2.45) is 0 Å². The number of ether oxygens (including phenoxy) is 1. The number of hydrogen-bond donors (Lipinski definition) is 5. The molecule has 2 amide bonds. The van der Waals surface area contributed by atoms with Gasteiger partial charge in [0, 0.05) is 12.1 Å². The van der Waals surface area contributed by atoms with Crippen molar-refractivity contribution in [2.75, 3.05) is 31.7 Å². The number of hydrogen-bond acceptors (Lipinski definition) is 6. The third kappa shape index (κ3) is 17.4. The number of nitrogens with one attached hydrogen (secondary N) is 3. The summed E-state index contributed by atoms with van der Waals surface area (Å²) in [5.41, 5.74) is 0.679. The molecule has 0 aliphatic rings. The normalized spacial score (nSPS) is 12.8. The Kier molecular flexibility index (Phi) is 19.8. The first-order valence-corrected chi connectivity index (χ1v) is 13.8. The fourth-order valence-electron chi connectivity index (χ4n) is 3.93. The topological polar surface area (TPSA) is 120 Å². The van der Waals surface area contributed by atoms with E-state index in [9.17, 15) is 14.7 Å². The highest BCUT2D eigenvalue weighted by molar-refractivity contribution is 5.97. The van der Waals surface area contributed by atoms with Gasteiger partial charge in [0.05, 0.1) is 19.8 Å². The zero-order valence-corrected chi connectivity index (χ0v) is 22.2. The lowest BCUT2D eigenvalue weighted by atomic mass is 10.1. The molecule has 0 fully saturated rings. The molecular formula is C28H49N3O5. The van der Waals surface area contributed by atoms with E-state index in [1.165, 1.54) is 38.5 Å². The summed E-state index contributed by atoms with van der Waals surface area (Å²) >= 11 is 0. The zero-order chi connectivity index (χ0) is 26.3. The van der Waals surface area contributed by atoms with Crippen molar-refractivity contribution in [2.45, 2.75) is 103 Å². The molecular weight excluding hydrogens is 458 g/mol. The van der Waals surface area contributed by atoms with Gasteiger partial charge < -0.3 is 25.6 Å². The highest BCUT2D eigenvalue weighted by atomic mass is 16.5. The van der Waals surface area contributed by atoms with Gasteiger partial charge in [-0.2, -0.15) is 0 Å². The van der Waals surface area contributed by atoms with E-state index in [0.29, 0.717) is 18.7 Å². The lowest BCUT2D eigenvalue weighted by Gasteiger charge is -2.19. The smallest absolute Gasteiger partial charge is 0.246 e. The van der Waals surface area contributed by atoms with E-state index >= 15 is 0 Å². The molecule has 0 saturated carbocycles. The lowest BCUT2D eigenvalue weighted by molar-refractivity contribution is -0.127. The van der Waals surface area contributed by atoms with Gasteiger partial charge in [-0.15, -0.1) is 0 Å². The molecule has 0 aliphatic carbocycles. The fourth-order valence-corrected chi connectivity index (χ4v) is 3.93. The molecule has 0 aromatic heterocycles. The summed E-state index contributed by atoms with van der Waals surface area (Å²) in [6.07, 6.45) is 12.4. The molecule has 206 valence electrons. The standard InChI is InChI=1S/C28H49N3O5/c1-2-3-4-5-6-7-8-12-18-26(33)29-20-14-13-17-25(31-27(34)19-22-36-23-21-32)28(35)30-24-15-10-9-11-16-24/h9-11,15-16,25-26,29,32-33H,2-8,12-14,17-23H2,1H3,(H,30,35)(H,31,34)/t25-,26?/m0/s1. The largest absolute Gasteiger partial charge is 0.394 e. The summed E-state index contributed by atoms with van der Waals surface area (Å²) in [5.74, 6) is -0.520. The molecule has 36 heavy (non-hydrogen) atoms. The minimum absolute atomic E-state index is 0.0917. The predicted molar refractivity (Wildman–Crippen MR) is 145 cm³/mol. The van der Waals surface area contributed by atoms with Crippen LogP contribution >= 0.6 is 0 Å². The third-order valence-electron chi connectivity index (χ3n) is 6.03. The number of amides is 2. The van der Waals surface area contributed by atoms with E-state index in [1.807, 2.05) is 18.2 Å². The molecule has 0 saturated heterocycles. The second kappa shape index (κ2) is 22.2. The van der Waals surface area contributed by atoms with Crippen molar-refractivity contribution in [3.8, 4) is 0 Å². The van der Waals surface area contributed by atoms with Crippen LogP contribution in [0.2, 0.25) is 0 Å². The predicted octanol–water partition coefficient (Wildman–Crippen LogP) is 4.12. The number of rotatable bonds is 23. The number of aliphatic hydroxyl groups excluding tert-OH is 2. The van der Waals surface area contributed by atoms with Crippen molar-refractivity contribution in [3.05, 3.63) is 30.3 Å². The van der Waals surface area contributed by atoms with E-state index in [0.717, 1.165) is 32.1 Å². The zero-order valence-electron chi connectivity index (χ0n) is 22.2. The summed E-state index contributed by atoms with van der Waals surface area (Å²) in [6.45, 7) is 3.18. The number of para-hydroxylation sites is 1. The molecule has 1 aromatic rings. The monoisotopic (exact) mass is 507 g/mol. The molecule has 0 heterocycles. The van der Waals surface area contributed by atoms with Gasteiger partial charge in [-0.1, -0.05) is 70.1 Å². The van der Waals surface area contributed by atoms with Crippen LogP contribution in [0, 0.1) is 0 Å². The molecule has 2 atom stereocenters. The Morgan fingerprint density at radius 1 is 0.889 bits per heavy atom. The Balaban J connectivity index is 2.29. The summed E-state index contributed by atoms with van der Waals surface area (Å²) in [5, 5.41) is 27.7. The van der Waals surface area contributed by atoms with Gasteiger partial charge in [-0.05, 0) is 50.8 Å². The van der Waals surface area contributed by atoms with Crippen LogP contribution in [0.5, 0.6) is 0 Å². The van der Waals surface area contributed by atoms with Crippen molar-refractivity contribution in [1.82, 2.24) is 10.6 Å². The Labute approximate surface area is 217 Å². The minimum atomic E-state index is -0.655. The Hall–Kier alpha value is -2.00. The van der Waals surface area contributed by atoms with Crippen LogP contribution in [0.25, 0.3) is 0 Å². The molecule has 1 rings (SSSR count). The quantitative estimate of drug-likeness (QED) is 0.112. The Morgan fingerprint density at radius 2 is 1.56 bits per heavy atom. The summed E-state index contributed by atoms with van der Waals surface area (Å²) in [7, 11) is 0. The number of carbonyl (C=O) groups is 2. The van der Waals surface area contributed by atoms with Gasteiger partial charge in [-0.3, -0.25) is 14.9 Å². The number of anilines is 1. The summed E-state index contributed by atoms with van der Waals surface area (Å²) in [4.78, 5) is 25.1. The van der Waals surface area contributed by atoms with Gasteiger partial charge in [0.15, 0.2) is 0 Å². The first-order chi connectivity index (χ1) is 17.6. The number of aliphatic hydroxyl groups is 2. The van der Waals surface area contributed by atoms with Crippen LogP contribution in [-0.2, 0) is 14.3 Å². The van der Waals surface area contributed by atoms with E-state index < -0.39 is 12.3 Å². The highest BCUT2D eigenvalue weighted by Crippen LogP contribution is 2.11. The first kappa shape index (κ1) is 32.0. The van der Waals surface area contributed by atoms with E-state index in [2.05, 4.69) is 22.9 Å². The molecule has 0 radical (unpaired) electrons. The second-order valence-corrected chi connectivity index (χ2v) is 9.29. The molecule has 8 heteroatoms. The fraction of sp³-hybridized carbons (Fsp3) is 0.714. The maximum Gasteiger partial charge on any atom is 0.246 e. The Bertz CT molecular complexity index is 674. The number of unbranched alkanes of at least 4 members (excludes halogenated alkanes) is 8. The van der Waals surface area contributed by atoms with E-state index in [-0.39, 0.29) is 38.1 Å². The second-order valence-electron chi connectivity index (χ2n) is 9.29. The SMILES string of the molecule is CCCCCCCCCCC(O)NCCCC[C@H](NC(=O)CCOCCO)C(=O)Nc1ccccc1. The van der Waals surface area contributed by atoms with Crippen LogP contribution in [0.15, 0.2) is 30.3 Å². The molecule has 0 spiro atoms. The maximum atomic E-state index is 12.8. The molecule has 8 nitrogen and oxygen atoms in total. The van der Waals surface area contributed by atoms with Gasteiger partial charge >= 0.3 is 0 Å². The molecule has 5 N–H and O–H groups in total. The molecule has 1 unspecified atom stereocenters. The lowest BCUT2D eigenvalue weighted by Crippen LogP contribution is -2.44. The van der Waals surface area contributed by atoms with Crippen LogP contribution in [0.1, 0.15) is 90.4 Å². The maximum absolute atomic E-state index is 12.8. The van der Waals surface area contributed by atoms with Crippen LogP contribution in [0.3, 0.4) is 0 Å². The van der Waals surface area contributed by atoms with Crippen molar-refractivity contribution in [3.63, 3.8) is 0 Å². The van der Waals surface area contributed by atoms with Gasteiger partial charge in [0.2, 0.25) is 11.8 Å². The van der Waals surface area contributed by atoms with E-state index in [4.69, 9.17) is 9.84 Å². The number of benzene rings is 1. The average Bonchev–Trinajstić information content (AvgIpc) is 2.88. The van der Waals surface area contributed by atoms with E-state index in [1.54, 1.807) is 12.1 Å². The number of carbonyl (C=O) groups excluding carboxylic acids is 2. The third-order valence-corrected chi connectivity index (χ3v) is 6.03. The summed E-state index contributed by atoms with van der Waals surface area (Å²) in [6, 6.07) is 8.50. The summed E-state index contributed by atoms with van der Waals surface area (Å²) < 4.78 is 5.14. The highest BCUT2D eigenvalue weighted by Gasteiger charge is 2.20. The van der Waals surface area contributed by atoms with Crippen LogP contribution < -0.4 is 16.0 Å². The van der Waals surface area contributed by atoms with Gasteiger partial charge in [0.1, 0.15) is 12.3 Å². The van der Waals surface area contributed by atoms with Crippen molar-refractivity contribution in [1.29, 1.82) is 0 Å². The van der Waals surface area contributed by atoms with Crippen molar-refractivity contribution < 1.29 is 24.5 Å². The first-order valence-electron chi connectivity index (χ1n) is 13.8. The molecule has 1 aromatic carbocycles. The minimum Gasteiger partial charge on any atom is -0.394 e. The molecule has 0 aliphatic heterocycles. The molecule has 0 bridgehead atoms. The van der Waals surface area contributed by atoms with Crippen molar-refractivity contribution >= 4 is 17.5 Å². The Morgan fingerprint density at radius 3 is 2.25 bits per heavy atom. The van der Waals surface area contributed by atoms with Crippen LogP contribution in [-0.4, -0.2) is 60.7 Å². The van der Waals surface area contributed by atoms with Crippen LogP contribution in [0.4, 0.5) is 5.69 Å². The van der Waals surface area contributed by atoms with Gasteiger partial charge in [-0.25, -0.2) is 0 Å².